The van der Waals surface area contributed by atoms with E-state index in [0.29, 0.717) is 17.7 Å². The Balaban J connectivity index is 1.26. The van der Waals surface area contributed by atoms with Gasteiger partial charge in [-0.3, -0.25) is 19.4 Å². The summed E-state index contributed by atoms with van der Waals surface area (Å²) in [6, 6.07) is 12.9. The van der Waals surface area contributed by atoms with Gasteiger partial charge in [0.1, 0.15) is 6.17 Å². The number of rotatable bonds is 7. The van der Waals surface area contributed by atoms with Crippen LogP contribution in [0, 0.1) is 0 Å². The van der Waals surface area contributed by atoms with E-state index in [-0.39, 0.29) is 24.8 Å². The van der Waals surface area contributed by atoms with Crippen LogP contribution in [0.15, 0.2) is 42.5 Å². The van der Waals surface area contributed by atoms with Crippen molar-refractivity contribution in [1.29, 1.82) is 0 Å². The molecule has 0 N–H and O–H groups in total. The van der Waals surface area contributed by atoms with Gasteiger partial charge in [-0.2, -0.15) is 0 Å². The number of alkyl halides is 1. The Morgan fingerprint density at radius 2 is 1.61 bits per heavy atom. The zero-order valence-electron chi connectivity index (χ0n) is 17.7. The third kappa shape index (κ3) is 4.46. The number of benzene rings is 2. The van der Waals surface area contributed by atoms with E-state index in [4.69, 9.17) is 11.6 Å². The fraction of sp³-hybridized carbons (Fsp3) is 0.417. The lowest BCUT2D eigenvalue weighted by Gasteiger charge is -2.37. The first-order chi connectivity index (χ1) is 15.0. The maximum Gasteiger partial charge on any atom is 0.261 e. The van der Waals surface area contributed by atoms with Crippen LogP contribution < -0.4 is 4.90 Å². The predicted molar refractivity (Wildman–Crippen MR) is 121 cm³/mol. The third-order valence-corrected chi connectivity index (χ3v) is 6.59. The molecule has 7 heteroatoms. The molecule has 0 aromatic heterocycles. The Morgan fingerprint density at radius 3 is 2.23 bits per heavy atom. The minimum absolute atomic E-state index is 0.104. The summed E-state index contributed by atoms with van der Waals surface area (Å²) in [4.78, 5) is 30.3. The van der Waals surface area contributed by atoms with Crippen LogP contribution in [0.3, 0.4) is 0 Å². The summed E-state index contributed by atoms with van der Waals surface area (Å²) >= 11 is 6.55. The van der Waals surface area contributed by atoms with Crippen molar-refractivity contribution in [1.82, 2.24) is 9.80 Å². The summed E-state index contributed by atoms with van der Waals surface area (Å²) in [6.45, 7) is 5.58. The molecule has 0 aliphatic carbocycles. The minimum atomic E-state index is -1.09. The van der Waals surface area contributed by atoms with Crippen molar-refractivity contribution in [2.75, 3.05) is 44.2 Å². The zero-order chi connectivity index (χ0) is 22.0. The number of carbonyl (C=O) groups excluding carboxylic acids is 2. The number of hydrogen-bond donors (Lipinski definition) is 0. The molecule has 31 heavy (non-hydrogen) atoms. The highest BCUT2D eigenvalue weighted by atomic mass is 35.5. The smallest absolute Gasteiger partial charge is 0.261 e. The fourth-order valence-corrected chi connectivity index (χ4v) is 4.72. The average molecular weight is 444 g/mol. The number of piperazine rings is 1. The Labute approximate surface area is 187 Å². The molecule has 0 radical (unpaired) electrons. The second-order valence-electron chi connectivity index (χ2n) is 8.08. The molecule has 1 fully saturated rings. The van der Waals surface area contributed by atoms with Gasteiger partial charge in [-0.05, 0) is 36.6 Å². The standard InChI is InChI=1S/C24H27ClFN3O2/c1-2-17-6-5-9-21(22(17)25)28-14-12-27(13-15-28)16-18(26)10-11-29-23(30)19-7-3-4-8-20(19)24(29)31/h3-9,18H,2,10-16H2,1H3/t18-/m1/s1. The van der Waals surface area contributed by atoms with E-state index in [1.54, 1.807) is 24.3 Å². The molecule has 1 atom stereocenters. The van der Waals surface area contributed by atoms with Crippen molar-refractivity contribution in [2.45, 2.75) is 25.9 Å². The summed E-state index contributed by atoms with van der Waals surface area (Å²) in [5, 5.41) is 0.808. The molecule has 2 aromatic carbocycles. The molecule has 2 aliphatic rings. The molecular weight excluding hydrogens is 417 g/mol. The van der Waals surface area contributed by atoms with Crippen LogP contribution in [-0.4, -0.2) is 67.1 Å². The number of amides is 2. The number of imide groups is 1. The molecular formula is C24H27ClFN3O2. The molecule has 164 valence electrons. The summed E-state index contributed by atoms with van der Waals surface area (Å²) in [5.41, 5.74) is 3.00. The van der Waals surface area contributed by atoms with E-state index in [9.17, 15) is 14.0 Å². The fourth-order valence-electron chi connectivity index (χ4n) is 4.34. The predicted octanol–water partition coefficient (Wildman–Crippen LogP) is 4.05. The van der Waals surface area contributed by atoms with Gasteiger partial charge < -0.3 is 4.90 Å². The maximum atomic E-state index is 14.7. The summed E-state index contributed by atoms with van der Waals surface area (Å²) < 4.78 is 14.7. The monoisotopic (exact) mass is 443 g/mol. The molecule has 1 saturated heterocycles. The van der Waals surface area contributed by atoms with Crippen molar-refractivity contribution >= 4 is 29.1 Å². The lowest BCUT2D eigenvalue weighted by atomic mass is 10.1. The first-order valence-corrected chi connectivity index (χ1v) is 11.2. The normalized spacial score (nSPS) is 17.9. The molecule has 5 nitrogen and oxygen atoms in total. The van der Waals surface area contributed by atoms with Crippen molar-refractivity contribution < 1.29 is 14.0 Å². The van der Waals surface area contributed by atoms with Crippen LogP contribution in [0.25, 0.3) is 0 Å². The van der Waals surface area contributed by atoms with Gasteiger partial charge in [0.25, 0.3) is 11.8 Å². The second kappa shape index (κ2) is 9.37. The number of hydrogen-bond acceptors (Lipinski definition) is 4. The molecule has 4 rings (SSSR count). The molecule has 0 saturated carbocycles. The first-order valence-electron chi connectivity index (χ1n) is 10.8. The minimum Gasteiger partial charge on any atom is -0.368 e. The number of carbonyl (C=O) groups is 2. The van der Waals surface area contributed by atoms with E-state index in [1.165, 1.54) is 0 Å². The van der Waals surface area contributed by atoms with Gasteiger partial charge in [-0.15, -0.1) is 0 Å². The van der Waals surface area contributed by atoms with Crippen molar-refractivity contribution in [3.63, 3.8) is 0 Å². The summed E-state index contributed by atoms with van der Waals surface area (Å²) in [7, 11) is 0. The SMILES string of the molecule is CCc1cccc(N2CCN(C[C@H](F)CCN3C(=O)c4ccccc4C3=O)CC2)c1Cl. The van der Waals surface area contributed by atoms with E-state index in [2.05, 4.69) is 16.7 Å². The number of nitrogens with zero attached hydrogens (tertiary/aromatic N) is 3. The van der Waals surface area contributed by atoms with Gasteiger partial charge in [0.15, 0.2) is 0 Å². The highest BCUT2D eigenvalue weighted by molar-refractivity contribution is 6.34. The number of fused-ring (bicyclic) bond motifs is 1. The Hall–Kier alpha value is -2.44. The summed E-state index contributed by atoms with van der Waals surface area (Å²) in [6.07, 6.45) is -0.0536. The zero-order valence-corrected chi connectivity index (χ0v) is 18.4. The second-order valence-corrected chi connectivity index (χ2v) is 8.46. The number of halogens is 2. The number of anilines is 1. The van der Waals surface area contributed by atoms with Gasteiger partial charge in [0, 0.05) is 39.3 Å². The van der Waals surface area contributed by atoms with Crippen LogP contribution in [0.4, 0.5) is 10.1 Å². The van der Waals surface area contributed by atoms with Gasteiger partial charge in [-0.25, -0.2) is 4.39 Å². The largest absolute Gasteiger partial charge is 0.368 e. The van der Waals surface area contributed by atoms with Crippen molar-refractivity contribution in [3.8, 4) is 0 Å². The first kappa shape index (κ1) is 21.8. The van der Waals surface area contributed by atoms with Gasteiger partial charge in [0.2, 0.25) is 0 Å². The molecule has 0 spiro atoms. The highest BCUT2D eigenvalue weighted by Crippen LogP contribution is 2.30. The molecule has 2 aromatic rings. The number of aryl methyl sites for hydroxylation is 1. The third-order valence-electron chi connectivity index (χ3n) is 6.15. The maximum absolute atomic E-state index is 14.7. The Morgan fingerprint density at radius 1 is 0.968 bits per heavy atom. The molecule has 2 aliphatic heterocycles. The van der Waals surface area contributed by atoms with Crippen LogP contribution in [0.2, 0.25) is 5.02 Å². The van der Waals surface area contributed by atoms with Crippen LogP contribution in [-0.2, 0) is 6.42 Å². The molecule has 2 amide bonds. The van der Waals surface area contributed by atoms with Crippen LogP contribution in [0.1, 0.15) is 39.6 Å². The average Bonchev–Trinajstić information content (AvgIpc) is 3.03. The van der Waals surface area contributed by atoms with Crippen molar-refractivity contribution in [2.24, 2.45) is 0 Å². The lowest BCUT2D eigenvalue weighted by molar-refractivity contribution is 0.0635. The van der Waals surface area contributed by atoms with E-state index < -0.39 is 6.17 Å². The molecule has 0 unspecified atom stereocenters. The van der Waals surface area contributed by atoms with E-state index in [0.717, 1.165) is 53.8 Å². The van der Waals surface area contributed by atoms with Gasteiger partial charge in [0.05, 0.1) is 21.8 Å². The quantitative estimate of drug-likeness (QED) is 0.605. The summed E-state index contributed by atoms with van der Waals surface area (Å²) in [5.74, 6) is -0.653. The van der Waals surface area contributed by atoms with Gasteiger partial charge in [-0.1, -0.05) is 42.8 Å². The van der Waals surface area contributed by atoms with Crippen LogP contribution in [0.5, 0.6) is 0 Å². The highest BCUT2D eigenvalue weighted by Gasteiger charge is 2.35. The topological polar surface area (TPSA) is 43.9 Å². The lowest BCUT2D eigenvalue weighted by Crippen LogP contribution is -2.48. The van der Waals surface area contributed by atoms with Crippen molar-refractivity contribution in [3.05, 3.63) is 64.2 Å². The molecule has 2 heterocycles. The van der Waals surface area contributed by atoms with Gasteiger partial charge >= 0.3 is 0 Å². The van der Waals surface area contributed by atoms with E-state index in [1.807, 2.05) is 18.2 Å². The van der Waals surface area contributed by atoms with Crippen LogP contribution >= 0.6 is 11.6 Å². The Kier molecular flexibility index (Phi) is 6.58. The Bertz CT molecular complexity index is 940. The molecule has 0 bridgehead atoms. The van der Waals surface area contributed by atoms with E-state index >= 15 is 0 Å².